The minimum absolute atomic E-state index is 0.0361. The quantitative estimate of drug-likeness (QED) is 0.732. The van der Waals surface area contributed by atoms with Gasteiger partial charge in [0.25, 0.3) is 0 Å². The number of hydrogen-bond acceptors (Lipinski definition) is 3. The minimum atomic E-state index is -0.0361. The van der Waals surface area contributed by atoms with E-state index in [2.05, 4.69) is 22.1 Å². The fourth-order valence-corrected chi connectivity index (χ4v) is 2.55. The highest BCUT2D eigenvalue weighted by molar-refractivity contribution is 6.00. The van der Waals surface area contributed by atoms with Crippen LogP contribution in [-0.2, 0) is 0 Å². The van der Waals surface area contributed by atoms with E-state index in [1.165, 1.54) is 0 Å². The number of imidazole rings is 1. The molecular formula is C16H12N2O2. The Morgan fingerprint density at radius 2 is 2.20 bits per heavy atom. The molecule has 20 heavy (non-hydrogen) atoms. The highest BCUT2D eigenvalue weighted by Crippen LogP contribution is 2.26. The number of rotatable bonds is 1. The van der Waals surface area contributed by atoms with Crippen molar-refractivity contribution < 1.29 is 4.42 Å². The Bertz CT molecular complexity index is 928. The summed E-state index contributed by atoms with van der Waals surface area (Å²) in [4.78, 5) is 19.5. The second kappa shape index (κ2) is 4.20. The molecule has 0 spiro atoms. The smallest absolute Gasteiger partial charge is 0.193 e. The number of H-pyrrole nitrogens is 1. The van der Waals surface area contributed by atoms with Crippen molar-refractivity contribution in [3.05, 3.63) is 58.7 Å². The molecule has 1 aliphatic carbocycles. The third-order valence-electron chi connectivity index (χ3n) is 3.56. The second-order valence-corrected chi connectivity index (χ2v) is 4.86. The maximum absolute atomic E-state index is 12.3. The number of aromatic amines is 1. The lowest BCUT2D eigenvalue weighted by molar-refractivity contribution is 0.589. The molecule has 0 saturated heterocycles. The van der Waals surface area contributed by atoms with E-state index < -0.39 is 0 Å². The highest BCUT2D eigenvalue weighted by Gasteiger charge is 2.12. The maximum Gasteiger partial charge on any atom is 0.193 e. The standard InChI is InChI=1S/C16H12N2O2/c19-13-8-14(10-4-2-1-3-5-10)20-16-11(13)6-7-12-15(16)18-9-17-12/h2,4-9H,1,3H2,(H,17,18). The fraction of sp³-hybridized carbons (Fsp3) is 0.125. The molecule has 0 atom stereocenters. The van der Waals surface area contributed by atoms with Gasteiger partial charge in [-0.1, -0.05) is 18.2 Å². The van der Waals surface area contributed by atoms with Gasteiger partial charge in [0, 0.05) is 11.6 Å². The lowest BCUT2D eigenvalue weighted by Crippen LogP contribution is -2.02. The van der Waals surface area contributed by atoms with Crippen LogP contribution in [-0.4, -0.2) is 9.97 Å². The summed E-state index contributed by atoms with van der Waals surface area (Å²) in [5.74, 6) is 0.606. The van der Waals surface area contributed by atoms with Gasteiger partial charge in [-0.2, -0.15) is 0 Å². The van der Waals surface area contributed by atoms with Gasteiger partial charge >= 0.3 is 0 Å². The van der Waals surface area contributed by atoms with Crippen molar-refractivity contribution in [2.24, 2.45) is 0 Å². The van der Waals surface area contributed by atoms with Crippen LogP contribution in [0.3, 0.4) is 0 Å². The number of benzene rings is 1. The first-order chi connectivity index (χ1) is 9.83. The number of fused-ring (bicyclic) bond motifs is 3. The minimum Gasteiger partial charge on any atom is -0.453 e. The Hall–Kier alpha value is -2.62. The molecule has 4 nitrogen and oxygen atoms in total. The van der Waals surface area contributed by atoms with Crippen LogP contribution in [0.5, 0.6) is 0 Å². The van der Waals surface area contributed by atoms with E-state index >= 15 is 0 Å². The largest absolute Gasteiger partial charge is 0.453 e. The van der Waals surface area contributed by atoms with Gasteiger partial charge in [-0.15, -0.1) is 0 Å². The molecule has 1 aliphatic rings. The molecule has 0 radical (unpaired) electrons. The molecule has 4 rings (SSSR count). The first-order valence-electron chi connectivity index (χ1n) is 6.60. The lowest BCUT2D eigenvalue weighted by atomic mass is 10.0. The Morgan fingerprint density at radius 3 is 3.05 bits per heavy atom. The summed E-state index contributed by atoms with van der Waals surface area (Å²) in [5.41, 5.74) is 3.03. The molecule has 0 bridgehead atoms. The van der Waals surface area contributed by atoms with Gasteiger partial charge in [-0.25, -0.2) is 4.98 Å². The predicted molar refractivity (Wildman–Crippen MR) is 78.5 cm³/mol. The topological polar surface area (TPSA) is 58.9 Å². The van der Waals surface area contributed by atoms with Crippen LogP contribution in [0, 0.1) is 0 Å². The zero-order valence-corrected chi connectivity index (χ0v) is 10.7. The van der Waals surface area contributed by atoms with E-state index in [9.17, 15) is 4.79 Å². The van der Waals surface area contributed by atoms with Gasteiger partial charge in [0.1, 0.15) is 11.3 Å². The van der Waals surface area contributed by atoms with E-state index in [-0.39, 0.29) is 5.43 Å². The number of nitrogens with zero attached hydrogens (tertiary/aromatic N) is 1. The summed E-state index contributed by atoms with van der Waals surface area (Å²) in [6.45, 7) is 0. The molecule has 4 heteroatoms. The third-order valence-corrected chi connectivity index (χ3v) is 3.56. The van der Waals surface area contributed by atoms with Gasteiger partial charge in [0.2, 0.25) is 0 Å². The molecule has 98 valence electrons. The fourth-order valence-electron chi connectivity index (χ4n) is 2.55. The Balaban J connectivity index is 2.07. The van der Waals surface area contributed by atoms with E-state index in [0.29, 0.717) is 22.2 Å². The first-order valence-corrected chi connectivity index (χ1v) is 6.60. The SMILES string of the molecule is O=c1cc(C2=CCCC=C2)oc2c1ccc1[nH]cnc12. The van der Waals surface area contributed by atoms with Crippen molar-refractivity contribution in [2.45, 2.75) is 12.8 Å². The van der Waals surface area contributed by atoms with Gasteiger partial charge in [0.05, 0.1) is 17.2 Å². The van der Waals surface area contributed by atoms with Crippen LogP contribution in [0.15, 0.2) is 52.0 Å². The molecular weight excluding hydrogens is 252 g/mol. The van der Waals surface area contributed by atoms with Crippen molar-refractivity contribution >= 4 is 27.6 Å². The molecule has 0 fully saturated rings. The molecule has 0 aliphatic heterocycles. The number of aromatic nitrogens is 2. The maximum atomic E-state index is 12.3. The average molecular weight is 264 g/mol. The molecule has 0 saturated carbocycles. The molecule has 0 amide bonds. The van der Waals surface area contributed by atoms with Gasteiger partial charge in [0.15, 0.2) is 11.0 Å². The van der Waals surface area contributed by atoms with E-state index in [1.807, 2.05) is 12.1 Å². The van der Waals surface area contributed by atoms with Gasteiger partial charge < -0.3 is 9.40 Å². The van der Waals surface area contributed by atoms with Crippen molar-refractivity contribution in [2.75, 3.05) is 0 Å². The Morgan fingerprint density at radius 1 is 1.25 bits per heavy atom. The number of allylic oxidation sites excluding steroid dienone is 4. The zero-order chi connectivity index (χ0) is 13.5. The molecule has 3 aromatic rings. The van der Waals surface area contributed by atoms with E-state index in [0.717, 1.165) is 23.9 Å². The Kier molecular flexibility index (Phi) is 2.36. The van der Waals surface area contributed by atoms with Crippen molar-refractivity contribution in [1.29, 1.82) is 0 Å². The number of nitrogens with one attached hydrogen (secondary N) is 1. The van der Waals surface area contributed by atoms with Crippen LogP contribution in [0.4, 0.5) is 0 Å². The van der Waals surface area contributed by atoms with Crippen LogP contribution < -0.4 is 5.43 Å². The lowest BCUT2D eigenvalue weighted by Gasteiger charge is -2.07. The summed E-state index contributed by atoms with van der Waals surface area (Å²) in [7, 11) is 0. The van der Waals surface area contributed by atoms with Gasteiger partial charge in [-0.3, -0.25) is 4.79 Å². The highest BCUT2D eigenvalue weighted by atomic mass is 16.3. The van der Waals surface area contributed by atoms with Crippen LogP contribution >= 0.6 is 0 Å². The Labute approximate surface area is 114 Å². The average Bonchev–Trinajstić information content (AvgIpc) is 2.97. The summed E-state index contributed by atoms with van der Waals surface area (Å²) in [6, 6.07) is 5.18. The van der Waals surface area contributed by atoms with Crippen LogP contribution in [0.25, 0.3) is 27.6 Å². The van der Waals surface area contributed by atoms with Crippen molar-refractivity contribution in [1.82, 2.24) is 9.97 Å². The van der Waals surface area contributed by atoms with Crippen LogP contribution in [0.2, 0.25) is 0 Å². The molecule has 2 aromatic heterocycles. The predicted octanol–water partition coefficient (Wildman–Crippen LogP) is 3.40. The summed E-state index contributed by atoms with van der Waals surface area (Å²) < 4.78 is 5.95. The zero-order valence-electron chi connectivity index (χ0n) is 10.7. The summed E-state index contributed by atoms with van der Waals surface area (Å²) in [5, 5.41) is 0.564. The molecule has 2 heterocycles. The van der Waals surface area contributed by atoms with E-state index in [1.54, 1.807) is 18.5 Å². The van der Waals surface area contributed by atoms with E-state index in [4.69, 9.17) is 4.42 Å². The molecule has 1 N–H and O–H groups in total. The van der Waals surface area contributed by atoms with Crippen molar-refractivity contribution in [3.63, 3.8) is 0 Å². The van der Waals surface area contributed by atoms with Crippen molar-refractivity contribution in [3.8, 4) is 0 Å². The van der Waals surface area contributed by atoms with Crippen LogP contribution in [0.1, 0.15) is 18.6 Å². The summed E-state index contributed by atoms with van der Waals surface area (Å²) in [6.07, 6.45) is 9.80. The molecule has 1 aromatic carbocycles. The second-order valence-electron chi connectivity index (χ2n) is 4.86. The normalized spacial score (nSPS) is 14.9. The molecule has 0 unspecified atom stereocenters. The monoisotopic (exact) mass is 264 g/mol. The first kappa shape index (κ1) is 11.2. The van der Waals surface area contributed by atoms with Gasteiger partial charge in [-0.05, 0) is 25.0 Å². The third kappa shape index (κ3) is 1.61. The number of hydrogen-bond donors (Lipinski definition) is 1. The summed E-state index contributed by atoms with van der Waals surface area (Å²) >= 11 is 0.